The van der Waals surface area contributed by atoms with Crippen LogP contribution in [0.2, 0.25) is 0 Å². The molecule has 2 fully saturated rings. The molecule has 160 valence electrons. The molecule has 1 saturated carbocycles. The lowest BCUT2D eigenvalue weighted by molar-refractivity contribution is -0.124. The van der Waals surface area contributed by atoms with E-state index < -0.39 is 0 Å². The molecule has 1 saturated heterocycles. The summed E-state index contributed by atoms with van der Waals surface area (Å²) >= 11 is 0. The fourth-order valence-electron chi connectivity index (χ4n) is 4.64. The van der Waals surface area contributed by atoms with Gasteiger partial charge in [0.1, 0.15) is 0 Å². The molecular weight excluding hydrogens is 393 g/mol. The van der Waals surface area contributed by atoms with Gasteiger partial charge in [-0.15, -0.1) is 24.8 Å². The molecule has 1 aromatic rings. The SMILES string of the molecule is Cc1ccccc1CN1CCC(NC(=O)CC2(CN)CCCCC2)CC1.Cl.Cl. The Morgan fingerprint density at radius 1 is 1.14 bits per heavy atom. The molecule has 6 heteroatoms. The van der Waals surface area contributed by atoms with Crippen molar-refractivity contribution in [3.05, 3.63) is 35.4 Å². The van der Waals surface area contributed by atoms with Crippen molar-refractivity contribution in [2.24, 2.45) is 11.1 Å². The normalized spacial score (nSPS) is 19.9. The number of benzene rings is 1. The van der Waals surface area contributed by atoms with Gasteiger partial charge >= 0.3 is 0 Å². The van der Waals surface area contributed by atoms with Gasteiger partial charge in [0, 0.05) is 32.1 Å². The van der Waals surface area contributed by atoms with Crippen molar-refractivity contribution >= 4 is 30.7 Å². The van der Waals surface area contributed by atoms with Gasteiger partial charge in [-0.1, -0.05) is 43.5 Å². The average Bonchev–Trinajstić information content (AvgIpc) is 2.66. The topological polar surface area (TPSA) is 58.4 Å². The molecule has 0 radical (unpaired) electrons. The molecule has 0 atom stereocenters. The molecule has 1 heterocycles. The summed E-state index contributed by atoms with van der Waals surface area (Å²) in [6.45, 7) is 5.96. The number of nitrogens with two attached hydrogens (primary N) is 1. The Morgan fingerprint density at radius 3 is 2.39 bits per heavy atom. The van der Waals surface area contributed by atoms with Crippen molar-refractivity contribution in [3.63, 3.8) is 0 Å². The summed E-state index contributed by atoms with van der Waals surface area (Å²) < 4.78 is 0. The van der Waals surface area contributed by atoms with Gasteiger partial charge in [-0.05, 0) is 55.7 Å². The summed E-state index contributed by atoms with van der Waals surface area (Å²) in [7, 11) is 0. The van der Waals surface area contributed by atoms with Crippen LogP contribution < -0.4 is 11.1 Å². The number of carbonyl (C=O) groups excluding carboxylic acids is 1. The van der Waals surface area contributed by atoms with E-state index in [0.29, 0.717) is 19.0 Å². The Kier molecular flexibility index (Phi) is 10.8. The van der Waals surface area contributed by atoms with Crippen molar-refractivity contribution in [2.45, 2.75) is 70.9 Å². The minimum absolute atomic E-state index is 0. The van der Waals surface area contributed by atoms with E-state index in [9.17, 15) is 4.79 Å². The lowest BCUT2D eigenvalue weighted by Crippen LogP contribution is -2.46. The molecular formula is C22H37Cl2N3O. The molecule has 1 aliphatic carbocycles. The van der Waals surface area contributed by atoms with Crippen LogP contribution in [0.25, 0.3) is 0 Å². The van der Waals surface area contributed by atoms with Crippen LogP contribution in [0.4, 0.5) is 0 Å². The van der Waals surface area contributed by atoms with Crippen LogP contribution in [0, 0.1) is 12.3 Å². The lowest BCUT2D eigenvalue weighted by atomic mass is 9.71. The van der Waals surface area contributed by atoms with Crippen molar-refractivity contribution in [3.8, 4) is 0 Å². The standard InChI is InChI=1S/C22H35N3O.2ClH/c1-18-7-3-4-8-19(18)16-25-13-9-20(10-14-25)24-21(26)15-22(17-23)11-5-2-6-12-22;;/h3-4,7-8,20H,2,5-6,9-17,23H2,1H3,(H,24,26);2*1H. The highest BCUT2D eigenvalue weighted by atomic mass is 35.5. The first-order valence-electron chi connectivity index (χ1n) is 10.4. The van der Waals surface area contributed by atoms with Gasteiger partial charge in [0.25, 0.3) is 0 Å². The molecule has 1 aromatic carbocycles. The van der Waals surface area contributed by atoms with Gasteiger partial charge in [-0.2, -0.15) is 0 Å². The number of nitrogens with one attached hydrogen (secondary N) is 1. The second kappa shape index (κ2) is 12.0. The molecule has 0 unspecified atom stereocenters. The van der Waals surface area contributed by atoms with E-state index in [1.165, 1.54) is 30.4 Å². The third-order valence-electron chi connectivity index (χ3n) is 6.49. The zero-order chi connectivity index (χ0) is 18.4. The van der Waals surface area contributed by atoms with Crippen LogP contribution in [-0.4, -0.2) is 36.5 Å². The molecule has 0 bridgehead atoms. The first-order chi connectivity index (χ1) is 12.6. The van der Waals surface area contributed by atoms with E-state index in [2.05, 4.69) is 41.4 Å². The highest BCUT2D eigenvalue weighted by Gasteiger charge is 2.33. The van der Waals surface area contributed by atoms with E-state index in [1.807, 2.05) is 0 Å². The zero-order valence-electron chi connectivity index (χ0n) is 17.1. The second-order valence-corrected chi connectivity index (χ2v) is 8.49. The van der Waals surface area contributed by atoms with Gasteiger partial charge in [-0.25, -0.2) is 0 Å². The van der Waals surface area contributed by atoms with Gasteiger partial charge in [0.05, 0.1) is 0 Å². The smallest absolute Gasteiger partial charge is 0.220 e. The fraction of sp³-hybridized carbons (Fsp3) is 0.682. The van der Waals surface area contributed by atoms with Crippen LogP contribution in [0.15, 0.2) is 24.3 Å². The number of nitrogens with zero attached hydrogens (tertiary/aromatic N) is 1. The van der Waals surface area contributed by atoms with Crippen molar-refractivity contribution in [1.29, 1.82) is 0 Å². The van der Waals surface area contributed by atoms with Gasteiger partial charge in [0.2, 0.25) is 5.91 Å². The predicted molar refractivity (Wildman–Crippen MR) is 121 cm³/mol. The van der Waals surface area contributed by atoms with Crippen molar-refractivity contribution in [2.75, 3.05) is 19.6 Å². The summed E-state index contributed by atoms with van der Waals surface area (Å²) in [4.78, 5) is 15.1. The van der Waals surface area contributed by atoms with Gasteiger partial charge < -0.3 is 11.1 Å². The number of aryl methyl sites for hydroxylation is 1. The zero-order valence-corrected chi connectivity index (χ0v) is 18.8. The summed E-state index contributed by atoms with van der Waals surface area (Å²) in [5.74, 6) is 0.217. The third kappa shape index (κ3) is 6.91. The highest BCUT2D eigenvalue weighted by molar-refractivity contribution is 5.85. The molecule has 3 rings (SSSR count). The van der Waals surface area contributed by atoms with E-state index in [0.717, 1.165) is 45.3 Å². The number of piperidine rings is 1. The Labute approximate surface area is 182 Å². The third-order valence-corrected chi connectivity index (χ3v) is 6.49. The van der Waals surface area contributed by atoms with Crippen LogP contribution in [0.5, 0.6) is 0 Å². The van der Waals surface area contributed by atoms with Crippen LogP contribution in [0.3, 0.4) is 0 Å². The number of likely N-dealkylation sites (tertiary alicyclic amines) is 1. The molecule has 0 aromatic heterocycles. The Balaban J connectivity index is 0.00000196. The minimum Gasteiger partial charge on any atom is -0.353 e. The van der Waals surface area contributed by atoms with Gasteiger partial charge in [-0.3, -0.25) is 9.69 Å². The maximum Gasteiger partial charge on any atom is 0.220 e. The summed E-state index contributed by atoms with van der Waals surface area (Å²) in [6, 6.07) is 8.95. The largest absolute Gasteiger partial charge is 0.353 e. The number of halogens is 2. The second-order valence-electron chi connectivity index (χ2n) is 8.49. The van der Waals surface area contributed by atoms with Crippen LogP contribution >= 0.6 is 24.8 Å². The Bertz CT molecular complexity index is 597. The summed E-state index contributed by atoms with van der Waals surface area (Å²) in [5, 5.41) is 3.30. The average molecular weight is 430 g/mol. The lowest BCUT2D eigenvalue weighted by Gasteiger charge is -2.37. The number of carbonyl (C=O) groups is 1. The number of amides is 1. The minimum atomic E-state index is 0. The molecule has 1 amide bonds. The maximum atomic E-state index is 12.6. The number of hydrogen-bond acceptors (Lipinski definition) is 3. The number of rotatable bonds is 6. The molecule has 0 spiro atoms. The Hall–Kier alpha value is -0.810. The predicted octanol–water partition coefficient (Wildman–Crippen LogP) is 4.22. The first kappa shape index (κ1) is 25.2. The highest BCUT2D eigenvalue weighted by Crippen LogP contribution is 2.38. The molecule has 3 N–H and O–H groups in total. The van der Waals surface area contributed by atoms with Crippen LogP contribution in [0.1, 0.15) is 62.5 Å². The van der Waals surface area contributed by atoms with E-state index in [1.54, 1.807) is 0 Å². The van der Waals surface area contributed by atoms with Gasteiger partial charge in [0.15, 0.2) is 0 Å². The first-order valence-corrected chi connectivity index (χ1v) is 10.4. The molecule has 1 aliphatic heterocycles. The van der Waals surface area contributed by atoms with E-state index >= 15 is 0 Å². The quantitative estimate of drug-likeness (QED) is 0.711. The molecule has 4 nitrogen and oxygen atoms in total. The monoisotopic (exact) mass is 429 g/mol. The summed E-state index contributed by atoms with van der Waals surface area (Å²) in [5.41, 5.74) is 8.88. The van der Waals surface area contributed by atoms with E-state index in [-0.39, 0.29) is 36.1 Å². The van der Waals surface area contributed by atoms with Crippen LogP contribution in [-0.2, 0) is 11.3 Å². The number of hydrogen-bond donors (Lipinski definition) is 2. The van der Waals surface area contributed by atoms with Crippen molar-refractivity contribution < 1.29 is 4.79 Å². The molecule has 28 heavy (non-hydrogen) atoms. The maximum absolute atomic E-state index is 12.6. The van der Waals surface area contributed by atoms with E-state index in [4.69, 9.17) is 5.73 Å². The fourth-order valence-corrected chi connectivity index (χ4v) is 4.64. The van der Waals surface area contributed by atoms with Crippen molar-refractivity contribution in [1.82, 2.24) is 10.2 Å². The molecule has 2 aliphatic rings. The summed E-state index contributed by atoms with van der Waals surface area (Å²) in [6.07, 6.45) is 8.69. The Morgan fingerprint density at radius 2 is 1.79 bits per heavy atom.